The third-order valence-corrected chi connectivity index (χ3v) is 9.26. The lowest BCUT2D eigenvalue weighted by Gasteiger charge is -2.29. The van der Waals surface area contributed by atoms with E-state index >= 15 is 0 Å². The standard InChI is InChI=1S/C34H30BrN3O4S/c1-22-17-27(23(2)38(22)29-11-13-30(14-12-29)42-21-24-7-9-28(35)10-8-24)18-31-33(40)37(34(41)43-31)20-32(39)36-16-15-25-5-3-4-6-26(25)19-36/h3-14,17-18H,15-16,19-21H2,1-2H3/b31-18-. The van der Waals surface area contributed by atoms with Gasteiger partial charge in [0, 0.05) is 34.6 Å². The average Bonchev–Trinajstić information content (AvgIpc) is 3.44. The van der Waals surface area contributed by atoms with Crippen molar-refractivity contribution in [1.82, 2.24) is 14.4 Å². The highest BCUT2D eigenvalue weighted by Crippen LogP contribution is 2.34. The third kappa shape index (κ3) is 6.19. The van der Waals surface area contributed by atoms with Gasteiger partial charge in [0.2, 0.25) is 5.91 Å². The van der Waals surface area contributed by atoms with E-state index in [1.807, 2.05) is 86.6 Å². The first-order chi connectivity index (χ1) is 20.8. The van der Waals surface area contributed by atoms with Gasteiger partial charge >= 0.3 is 0 Å². The number of rotatable bonds is 7. The van der Waals surface area contributed by atoms with Gasteiger partial charge in [0.25, 0.3) is 11.1 Å². The van der Waals surface area contributed by atoms with Crippen molar-refractivity contribution in [1.29, 1.82) is 0 Å². The lowest BCUT2D eigenvalue weighted by atomic mass is 10.00. The van der Waals surface area contributed by atoms with Crippen molar-refractivity contribution in [2.45, 2.75) is 33.4 Å². The summed E-state index contributed by atoms with van der Waals surface area (Å²) in [5.41, 5.74) is 7.17. The number of amides is 3. The van der Waals surface area contributed by atoms with Crippen LogP contribution < -0.4 is 4.74 Å². The number of halogens is 1. The van der Waals surface area contributed by atoms with Crippen LogP contribution in [-0.2, 0) is 29.2 Å². The fraction of sp³-hybridized carbons (Fsp3) is 0.206. The van der Waals surface area contributed by atoms with Crippen LogP contribution in [0.2, 0.25) is 0 Å². The van der Waals surface area contributed by atoms with E-state index in [0.29, 0.717) is 24.6 Å². The summed E-state index contributed by atoms with van der Waals surface area (Å²) in [7, 11) is 0. The van der Waals surface area contributed by atoms with Gasteiger partial charge in [-0.2, -0.15) is 0 Å². The quantitative estimate of drug-likeness (QED) is 0.199. The minimum atomic E-state index is -0.433. The first-order valence-electron chi connectivity index (χ1n) is 14.0. The van der Waals surface area contributed by atoms with Crippen LogP contribution in [0.4, 0.5) is 4.79 Å². The van der Waals surface area contributed by atoms with Gasteiger partial charge in [0.15, 0.2) is 0 Å². The second kappa shape index (κ2) is 12.3. The van der Waals surface area contributed by atoms with Crippen LogP contribution in [0.1, 0.15) is 33.6 Å². The lowest BCUT2D eigenvalue weighted by Crippen LogP contribution is -2.44. The van der Waals surface area contributed by atoms with Gasteiger partial charge in [0.05, 0.1) is 4.91 Å². The van der Waals surface area contributed by atoms with E-state index < -0.39 is 11.1 Å². The summed E-state index contributed by atoms with van der Waals surface area (Å²) in [5.74, 6) is 0.115. The molecule has 2 aliphatic heterocycles. The summed E-state index contributed by atoms with van der Waals surface area (Å²) in [6.07, 6.45) is 2.52. The second-order valence-corrected chi connectivity index (χ2v) is 12.6. The highest BCUT2D eigenvalue weighted by atomic mass is 79.9. The van der Waals surface area contributed by atoms with Crippen LogP contribution in [0, 0.1) is 13.8 Å². The summed E-state index contributed by atoms with van der Waals surface area (Å²) in [4.78, 5) is 42.2. The molecule has 3 aromatic carbocycles. The van der Waals surface area contributed by atoms with Crippen LogP contribution >= 0.6 is 27.7 Å². The highest BCUT2D eigenvalue weighted by Gasteiger charge is 2.37. The Balaban J connectivity index is 1.13. The van der Waals surface area contributed by atoms with Crippen molar-refractivity contribution >= 4 is 50.8 Å². The van der Waals surface area contributed by atoms with Gasteiger partial charge in [-0.25, -0.2) is 0 Å². The molecule has 1 saturated heterocycles. The molecule has 0 aliphatic carbocycles. The summed E-state index contributed by atoms with van der Waals surface area (Å²) >= 11 is 4.33. The fourth-order valence-corrected chi connectivity index (χ4v) is 6.58. The molecule has 6 rings (SSSR count). The molecule has 0 radical (unpaired) electrons. The zero-order valence-electron chi connectivity index (χ0n) is 23.9. The molecule has 0 spiro atoms. The molecule has 3 amide bonds. The number of ether oxygens (including phenoxy) is 1. The third-order valence-electron chi connectivity index (χ3n) is 7.82. The SMILES string of the molecule is Cc1cc(/C=C2\SC(=O)N(CC(=O)N3CCc4ccccc4C3)C2=O)c(C)n1-c1ccc(OCc2ccc(Br)cc2)cc1. The number of imide groups is 1. The molecule has 0 atom stereocenters. The van der Waals surface area contributed by atoms with Crippen molar-refractivity contribution < 1.29 is 19.1 Å². The molecule has 2 aliphatic rings. The molecule has 0 N–H and O–H groups in total. The van der Waals surface area contributed by atoms with E-state index in [1.54, 1.807) is 11.0 Å². The molecule has 7 nitrogen and oxygen atoms in total. The minimum absolute atomic E-state index is 0.222. The normalized spacial score (nSPS) is 15.7. The number of aryl methyl sites for hydroxylation is 1. The zero-order chi connectivity index (χ0) is 30.1. The van der Waals surface area contributed by atoms with Crippen LogP contribution in [0.3, 0.4) is 0 Å². The predicted octanol–water partition coefficient (Wildman–Crippen LogP) is 7.06. The molecule has 0 unspecified atom stereocenters. The molecule has 218 valence electrons. The minimum Gasteiger partial charge on any atom is -0.489 e. The monoisotopic (exact) mass is 655 g/mol. The van der Waals surface area contributed by atoms with E-state index in [1.165, 1.54) is 5.56 Å². The number of hydrogen-bond donors (Lipinski definition) is 0. The Labute approximate surface area is 263 Å². The van der Waals surface area contributed by atoms with Crippen molar-refractivity contribution in [3.05, 3.63) is 122 Å². The van der Waals surface area contributed by atoms with Crippen LogP contribution in [0.15, 0.2) is 88.2 Å². The number of carbonyl (C=O) groups excluding carboxylic acids is 3. The number of nitrogens with zero attached hydrogens (tertiary/aromatic N) is 3. The molecule has 1 fully saturated rings. The number of thioether (sulfide) groups is 1. The van der Waals surface area contributed by atoms with E-state index in [0.717, 1.165) is 67.1 Å². The van der Waals surface area contributed by atoms with Crippen molar-refractivity contribution in [3.8, 4) is 11.4 Å². The fourth-order valence-electron chi connectivity index (χ4n) is 5.49. The first kappa shape index (κ1) is 29.0. The Hall–Kier alpha value is -4.08. The van der Waals surface area contributed by atoms with Gasteiger partial charge < -0.3 is 14.2 Å². The average molecular weight is 657 g/mol. The molecular formula is C34H30BrN3O4S. The lowest BCUT2D eigenvalue weighted by molar-refractivity contribution is -0.136. The van der Waals surface area contributed by atoms with Gasteiger partial charge in [-0.05, 0) is 103 Å². The summed E-state index contributed by atoms with van der Waals surface area (Å²) in [6, 6.07) is 26.0. The molecule has 4 aromatic rings. The molecule has 9 heteroatoms. The van der Waals surface area contributed by atoms with Crippen molar-refractivity contribution in [3.63, 3.8) is 0 Å². The van der Waals surface area contributed by atoms with E-state index in [4.69, 9.17) is 4.74 Å². The van der Waals surface area contributed by atoms with Crippen molar-refractivity contribution in [2.75, 3.05) is 13.1 Å². The predicted molar refractivity (Wildman–Crippen MR) is 172 cm³/mol. The number of fused-ring (bicyclic) bond motifs is 1. The van der Waals surface area contributed by atoms with Gasteiger partial charge in [-0.15, -0.1) is 0 Å². The largest absolute Gasteiger partial charge is 0.489 e. The maximum Gasteiger partial charge on any atom is 0.294 e. The van der Waals surface area contributed by atoms with Gasteiger partial charge in [-0.3, -0.25) is 19.3 Å². The Kier molecular flexibility index (Phi) is 8.27. The smallest absolute Gasteiger partial charge is 0.294 e. The molecule has 0 bridgehead atoms. The number of aromatic nitrogens is 1. The molecule has 3 heterocycles. The van der Waals surface area contributed by atoms with Crippen molar-refractivity contribution in [2.24, 2.45) is 0 Å². The molecule has 0 saturated carbocycles. The summed E-state index contributed by atoms with van der Waals surface area (Å²) < 4.78 is 9.09. The number of carbonyl (C=O) groups is 3. The van der Waals surface area contributed by atoms with Crippen LogP contribution in [0.25, 0.3) is 11.8 Å². The Morgan fingerprint density at radius 2 is 1.70 bits per heavy atom. The molecular weight excluding hydrogens is 626 g/mol. The van der Waals surface area contributed by atoms with Gasteiger partial charge in [-0.1, -0.05) is 52.3 Å². The number of benzene rings is 3. The molecule has 1 aromatic heterocycles. The Morgan fingerprint density at radius 3 is 2.44 bits per heavy atom. The number of hydrogen-bond acceptors (Lipinski definition) is 5. The summed E-state index contributed by atoms with van der Waals surface area (Å²) in [6.45, 7) is 5.28. The topological polar surface area (TPSA) is 71.9 Å². The van der Waals surface area contributed by atoms with Gasteiger partial charge in [0.1, 0.15) is 18.9 Å². The van der Waals surface area contributed by atoms with E-state index in [-0.39, 0.29) is 12.5 Å². The Bertz CT molecular complexity index is 1740. The van der Waals surface area contributed by atoms with Crippen LogP contribution in [0.5, 0.6) is 5.75 Å². The maximum atomic E-state index is 13.3. The second-order valence-electron chi connectivity index (χ2n) is 10.7. The molecule has 43 heavy (non-hydrogen) atoms. The van der Waals surface area contributed by atoms with E-state index in [2.05, 4.69) is 26.6 Å². The van der Waals surface area contributed by atoms with Crippen LogP contribution in [-0.4, -0.2) is 44.5 Å². The zero-order valence-corrected chi connectivity index (χ0v) is 26.3. The maximum absolute atomic E-state index is 13.3. The Morgan fingerprint density at radius 1 is 0.977 bits per heavy atom. The highest BCUT2D eigenvalue weighted by molar-refractivity contribution is 9.10. The first-order valence-corrected chi connectivity index (χ1v) is 15.6. The summed E-state index contributed by atoms with van der Waals surface area (Å²) in [5, 5.41) is -0.422. The van der Waals surface area contributed by atoms with E-state index in [9.17, 15) is 14.4 Å².